The molecule has 0 spiro atoms. The Bertz CT molecular complexity index is 1770. The Morgan fingerprint density at radius 1 is 0.689 bits per heavy atom. The Kier molecular flexibility index (Phi) is 10.1. The molecule has 11 heteroatoms. The maximum Gasteiger partial charge on any atom is 0.345 e. The lowest BCUT2D eigenvalue weighted by Gasteiger charge is -2.12. The highest BCUT2D eigenvalue weighted by atomic mass is 16.6. The molecule has 0 aliphatic heterocycles. The van der Waals surface area contributed by atoms with E-state index < -0.39 is 42.2 Å². The van der Waals surface area contributed by atoms with Gasteiger partial charge in [0.15, 0.2) is 23.0 Å². The van der Waals surface area contributed by atoms with E-state index in [-0.39, 0.29) is 55.0 Å². The van der Waals surface area contributed by atoms with E-state index in [4.69, 9.17) is 36.6 Å². The van der Waals surface area contributed by atoms with E-state index in [9.17, 15) is 19.7 Å². The molecule has 236 valence electrons. The molecule has 0 unspecified atom stereocenters. The first-order chi connectivity index (χ1) is 24.1. The number of hydrogen-bond donors (Lipinski definition) is 0. The van der Waals surface area contributed by atoms with Gasteiger partial charge in [-0.1, -0.05) is 60.7 Å². The summed E-state index contributed by atoms with van der Waals surface area (Å²) < 4.78 is 74.3. The molecule has 4 aromatic rings. The van der Waals surface area contributed by atoms with E-state index in [0.717, 1.165) is 23.3 Å². The second-order valence-electron chi connectivity index (χ2n) is 8.93. The lowest BCUT2D eigenvalue weighted by Crippen LogP contribution is -2.09. The van der Waals surface area contributed by atoms with Crippen LogP contribution in [0.1, 0.15) is 53.9 Å². The first-order valence-electron chi connectivity index (χ1n) is 16.6. The molecule has 0 aromatic heterocycles. The van der Waals surface area contributed by atoms with Crippen molar-refractivity contribution in [2.45, 2.75) is 27.1 Å². The molecule has 0 amide bonds. The monoisotopic (exact) mass is 623 g/mol. The number of carbonyl (C=O) groups is 2. The normalized spacial score (nSPS) is 12.6. The topological polar surface area (TPSA) is 133 Å². The highest BCUT2D eigenvalue weighted by Crippen LogP contribution is 2.35. The van der Waals surface area contributed by atoms with E-state index in [2.05, 4.69) is 0 Å². The summed E-state index contributed by atoms with van der Waals surface area (Å²) in [6, 6.07) is 24.5. The van der Waals surface area contributed by atoms with Crippen molar-refractivity contribution in [2.75, 3.05) is 27.3 Å². The molecule has 4 rings (SSSR count). The number of benzene rings is 4. The average molecular weight is 624 g/mol. The summed E-state index contributed by atoms with van der Waals surface area (Å²) in [7, 11) is -5.49. The second-order valence-corrected chi connectivity index (χ2v) is 8.93. The number of ether oxygens (including phenoxy) is 6. The first-order valence-corrected chi connectivity index (χ1v) is 13.6. The van der Waals surface area contributed by atoms with Gasteiger partial charge in [-0.05, 0) is 43.2 Å². The Morgan fingerprint density at radius 2 is 1.22 bits per heavy atom. The molecule has 0 aliphatic rings. The fourth-order valence-electron chi connectivity index (χ4n) is 3.78. The van der Waals surface area contributed by atoms with Gasteiger partial charge in [-0.25, -0.2) is 9.59 Å². The Morgan fingerprint density at radius 3 is 1.76 bits per heavy atom. The van der Waals surface area contributed by atoms with Crippen molar-refractivity contribution in [3.8, 4) is 23.0 Å². The standard InChI is InChI=1S/C17H17NO6.C17H18O4/c1-3-23-17(19)13-9-15(22-2)16(10-14(13)18(20)21)24-11-12-7-5-4-6-8-12;1-3-20-17(18)14-9-10-15(16(11-14)19-2)21-12-13-7-5-4-6-8-13/h4-10H,3,11H2,1-2H3;4-11H,3,12H2,1-2H3/i2*2D3. The third-order valence-electron chi connectivity index (χ3n) is 5.90. The third-order valence-corrected chi connectivity index (χ3v) is 5.90. The third kappa shape index (κ3) is 9.99. The molecular weight excluding hydrogens is 582 g/mol. The predicted octanol–water partition coefficient (Wildman–Crippen LogP) is 6.81. The van der Waals surface area contributed by atoms with Crippen LogP contribution in [0.5, 0.6) is 23.0 Å². The maximum absolute atomic E-state index is 12.0. The molecule has 0 heterocycles. The van der Waals surface area contributed by atoms with Gasteiger partial charge < -0.3 is 28.4 Å². The molecule has 0 aliphatic carbocycles. The summed E-state index contributed by atoms with van der Waals surface area (Å²) in [5, 5.41) is 11.3. The predicted molar refractivity (Wildman–Crippen MR) is 166 cm³/mol. The molecule has 0 bridgehead atoms. The summed E-state index contributed by atoms with van der Waals surface area (Å²) in [5.41, 5.74) is 0.881. The lowest BCUT2D eigenvalue weighted by molar-refractivity contribution is -0.385. The minimum Gasteiger partial charge on any atom is -0.493 e. The van der Waals surface area contributed by atoms with Crippen molar-refractivity contribution in [2.24, 2.45) is 0 Å². The number of nitrogens with zero attached hydrogens (tertiary/aromatic N) is 1. The summed E-state index contributed by atoms with van der Waals surface area (Å²) in [4.78, 5) is 34.4. The second kappa shape index (κ2) is 17.5. The van der Waals surface area contributed by atoms with Gasteiger partial charge >= 0.3 is 11.9 Å². The zero-order chi connectivity index (χ0) is 37.6. The minimum atomic E-state index is -2.84. The number of rotatable bonds is 13. The summed E-state index contributed by atoms with van der Waals surface area (Å²) in [6.07, 6.45) is 0. The van der Waals surface area contributed by atoms with Crippen LogP contribution in [0.2, 0.25) is 0 Å². The van der Waals surface area contributed by atoms with Crippen molar-refractivity contribution in [1.82, 2.24) is 0 Å². The van der Waals surface area contributed by atoms with E-state index in [1.165, 1.54) is 18.2 Å². The number of hydrogen-bond acceptors (Lipinski definition) is 10. The summed E-state index contributed by atoms with van der Waals surface area (Å²) in [5.74, 6) is -1.80. The van der Waals surface area contributed by atoms with Gasteiger partial charge in [0.25, 0.3) is 5.69 Å². The van der Waals surface area contributed by atoms with Gasteiger partial charge in [0.2, 0.25) is 0 Å². The first kappa shape index (κ1) is 25.9. The number of methoxy groups -OCH3 is 2. The molecule has 11 nitrogen and oxygen atoms in total. The molecule has 0 saturated carbocycles. The smallest absolute Gasteiger partial charge is 0.345 e. The van der Waals surface area contributed by atoms with Gasteiger partial charge in [-0.2, -0.15) is 0 Å². The van der Waals surface area contributed by atoms with E-state index >= 15 is 0 Å². The van der Waals surface area contributed by atoms with Crippen LogP contribution in [0.3, 0.4) is 0 Å². The van der Waals surface area contributed by atoms with Crippen LogP contribution >= 0.6 is 0 Å². The summed E-state index contributed by atoms with van der Waals surface area (Å²) in [6.45, 7) is 3.72. The lowest BCUT2D eigenvalue weighted by atomic mass is 10.1. The van der Waals surface area contributed by atoms with Crippen molar-refractivity contribution < 1.29 is 51.2 Å². The highest BCUT2D eigenvalue weighted by molar-refractivity contribution is 5.95. The van der Waals surface area contributed by atoms with Crippen LogP contribution in [0.25, 0.3) is 0 Å². The number of nitro benzene ring substituents is 1. The molecule has 4 aromatic carbocycles. The molecule has 0 saturated heterocycles. The average Bonchev–Trinajstić information content (AvgIpc) is 3.07. The molecule has 0 radical (unpaired) electrons. The van der Waals surface area contributed by atoms with Gasteiger partial charge in [0.05, 0.1) is 52.1 Å². The number of esters is 2. The fourth-order valence-corrected chi connectivity index (χ4v) is 3.78. The summed E-state index contributed by atoms with van der Waals surface area (Å²) >= 11 is 0. The quantitative estimate of drug-likeness (QED) is 0.0888. The van der Waals surface area contributed by atoms with E-state index in [1.807, 2.05) is 36.4 Å². The van der Waals surface area contributed by atoms with Crippen molar-refractivity contribution >= 4 is 17.6 Å². The molecule has 0 N–H and O–H groups in total. The van der Waals surface area contributed by atoms with Crippen LogP contribution in [-0.4, -0.2) is 44.2 Å². The van der Waals surface area contributed by atoms with Crippen molar-refractivity contribution in [3.05, 3.63) is 123 Å². The number of carbonyl (C=O) groups excluding carboxylic acids is 2. The maximum atomic E-state index is 12.0. The fraction of sp³-hybridized carbons (Fsp3) is 0.235. The minimum absolute atomic E-state index is 0.00227. The zero-order valence-electron chi connectivity index (χ0n) is 30.5. The Balaban J connectivity index is 0.000000277. The van der Waals surface area contributed by atoms with Crippen LogP contribution < -0.4 is 18.9 Å². The Hall–Kier alpha value is -5.58. The highest BCUT2D eigenvalue weighted by Gasteiger charge is 2.25. The van der Waals surface area contributed by atoms with Crippen molar-refractivity contribution in [1.29, 1.82) is 0 Å². The van der Waals surface area contributed by atoms with E-state index in [1.54, 1.807) is 38.1 Å². The van der Waals surface area contributed by atoms with E-state index in [0.29, 0.717) is 0 Å². The SMILES string of the molecule is [2H]C([2H])([2H])Oc1cc(C(=O)OCC)c([N+](=O)[O-])cc1OCc1ccccc1.[2H]C([2H])([2H])Oc1cc(C(=O)OCC)ccc1OCc1ccccc1. The Labute approximate surface area is 269 Å². The molecule has 45 heavy (non-hydrogen) atoms. The van der Waals surface area contributed by atoms with Crippen molar-refractivity contribution in [3.63, 3.8) is 0 Å². The van der Waals surface area contributed by atoms with Crippen LogP contribution in [0.15, 0.2) is 91.0 Å². The van der Waals surface area contributed by atoms with Crippen LogP contribution in [0.4, 0.5) is 5.69 Å². The van der Waals surface area contributed by atoms with Crippen LogP contribution in [0, 0.1) is 10.1 Å². The molecule has 0 atom stereocenters. The van der Waals surface area contributed by atoms with Crippen LogP contribution in [-0.2, 0) is 22.7 Å². The number of nitro groups is 1. The van der Waals surface area contributed by atoms with Gasteiger partial charge in [0.1, 0.15) is 18.8 Å². The largest absolute Gasteiger partial charge is 0.493 e. The zero-order valence-corrected chi connectivity index (χ0v) is 24.5. The van der Waals surface area contributed by atoms with Gasteiger partial charge in [-0.15, -0.1) is 0 Å². The van der Waals surface area contributed by atoms with Gasteiger partial charge in [0, 0.05) is 6.07 Å². The van der Waals surface area contributed by atoms with Gasteiger partial charge in [-0.3, -0.25) is 10.1 Å². The molecular formula is C34H35NO10. The molecule has 0 fully saturated rings.